The fourth-order valence-electron chi connectivity index (χ4n) is 1.87. The van der Waals surface area contributed by atoms with Crippen molar-refractivity contribution in [3.05, 3.63) is 24.3 Å². The molecule has 1 aliphatic rings. The Morgan fingerprint density at radius 2 is 1.81 bits per heavy atom. The first-order valence-electron chi connectivity index (χ1n) is 5.86. The number of hydrogen-bond acceptors (Lipinski definition) is 4. The molecule has 1 aliphatic heterocycles. The number of alkyl halides is 3. The molecule has 0 aromatic heterocycles. The van der Waals surface area contributed by atoms with Crippen molar-refractivity contribution in [1.82, 2.24) is 9.62 Å². The number of hydrogen-bond donors (Lipinski definition) is 1. The minimum Gasteiger partial charge on any atom is -0.406 e. The lowest BCUT2D eigenvalue weighted by Crippen LogP contribution is -2.46. The standard InChI is InChI=1S/C11H13F3N2O3S.ClH/c12-11(13,14)19-9-2-1-3-10(8-9)20(17,18)16-6-4-15-5-7-16;/h1-3,8,15H,4-7H2;1H. The second-order valence-corrected chi connectivity index (χ2v) is 6.11. The number of piperazine rings is 1. The molecule has 21 heavy (non-hydrogen) atoms. The van der Waals surface area contributed by atoms with Gasteiger partial charge in [-0.25, -0.2) is 8.42 Å². The fraction of sp³-hybridized carbons (Fsp3) is 0.455. The van der Waals surface area contributed by atoms with Gasteiger partial charge < -0.3 is 10.1 Å². The van der Waals surface area contributed by atoms with Gasteiger partial charge in [-0.15, -0.1) is 25.6 Å². The third-order valence-corrected chi connectivity index (χ3v) is 4.65. The fourth-order valence-corrected chi connectivity index (χ4v) is 3.34. The maximum absolute atomic E-state index is 12.3. The summed E-state index contributed by atoms with van der Waals surface area (Å²) in [5.74, 6) is -0.547. The Labute approximate surface area is 126 Å². The number of ether oxygens (including phenoxy) is 1. The molecular formula is C11H14ClF3N2O3S. The van der Waals surface area contributed by atoms with Crippen LogP contribution in [0.25, 0.3) is 0 Å². The van der Waals surface area contributed by atoms with E-state index in [0.717, 1.165) is 12.1 Å². The molecule has 1 aromatic rings. The summed E-state index contributed by atoms with van der Waals surface area (Å²) in [6, 6.07) is 4.41. The highest BCUT2D eigenvalue weighted by atomic mass is 35.5. The summed E-state index contributed by atoms with van der Waals surface area (Å²) in [6.07, 6.45) is -4.85. The summed E-state index contributed by atoms with van der Waals surface area (Å²) < 4.78 is 65.9. The van der Waals surface area contributed by atoms with Crippen molar-refractivity contribution in [2.75, 3.05) is 26.2 Å². The Morgan fingerprint density at radius 3 is 2.38 bits per heavy atom. The number of halogens is 4. The molecule has 0 unspecified atom stereocenters. The summed E-state index contributed by atoms with van der Waals surface area (Å²) in [5, 5.41) is 3.00. The predicted molar refractivity (Wildman–Crippen MR) is 72.0 cm³/mol. The lowest BCUT2D eigenvalue weighted by atomic mass is 10.3. The van der Waals surface area contributed by atoms with E-state index in [0.29, 0.717) is 13.1 Å². The Bertz CT molecular complexity index is 574. The molecular weight excluding hydrogens is 333 g/mol. The maximum atomic E-state index is 12.3. The van der Waals surface area contributed by atoms with Gasteiger partial charge in [-0.3, -0.25) is 0 Å². The van der Waals surface area contributed by atoms with Crippen molar-refractivity contribution in [2.45, 2.75) is 11.3 Å². The third kappa shape index (κ3) is 4.73. The third-order valence-electron chi connectivity index (χ3n) is 2.75. The second kappa shape index (κ2) is 6.82. The lowest BCUT2D eigenvalue weighted by Gasteiger charge is -2.26. The van der Waals surface area contributed by atoms with Crippen LogP contribution in [0.15, 0.2) is 29.2 Å². The smallest absolute Gasteiger partial charge is 0.406 e. The van der Waals surface area contributed by atoms with E-state index in [1.807, 2.05) is 0 Å². The van der Waals surface area contributed by atoms with Gasteiger partial charge in [0, 0.05) is 32.2 Å². The maximum Gasteiger partial charge on any atom is 0.573 e. The van der Waals surface area contributed by atoms with Gasteiger partial charge in [0.15, 0.2) is 0 Å². The molecule has 0 atom stereocenters. The summed E-state index contributed by atoms with van der Waals surface area (Å²) in [5.41, 5.74) is 0. The van der Waals surface area contributed by atoms with E-state index >= 15 is 0 Å². The normalized spacial score (nSPS) is 17.1. The van der Waals surface area contributed by atoms with Crippen LogP contribution in [0.1, 0.15) is 0 Å². The number of sulfonamides is 1. The molecule has 0 saturated carbocycles. The quantitative estimate of drug-likeness (QED) is 0.903. The van der Waals surface area contributed by atoms with E-state index in [1.165, 1.54) is 16.4 Å². The zero-order chi connectivity index (χ0) is 14.8. The van der Waals surface area contributed by atoms with Crippen molar-refractivity contribution >= 4 is 22.4 Å². The first kappa shape index (κ1) is 18.0. The van der Waals surface area contributed by atoms with Crippen LogP contribution >= 0.6 is 12.4 Å². The van der Waals surface area contributed by atoms with Crippen molar-refractivity contribution in [2.24, 2.45) is 0 Å². The molecule has 1 aromatic carbocycles. The monoisotopic (exact) mass is 346 g/mol. The van der Waals surface area contributed by atoms with E-state index < -0.39 is 22.1 Å². The van der Waals surface area contributed by atoms with Crippen LogP contribution < -0.4 is 10.1 Å². The molecule has 1 saturated heterocycles. The molecule has 1 fully saturated rings. The molecule has 0 amide bonds. The minimum absolute atomic E-state index is 0. The highest BCUT2D eigenvalue weighted by Crippen LogP contribution is 2.26. The van der Waals surface area contributed by atoms with E-state index in [9.17, 15) is 21.6 Å². The molecule has 0 radical (unpaired) electrons. The van der Waals surface area contributed by atoms with Gasteiger partial charge in [0.05, 0.1) is 4.90 Å². The summed E-state index contributed by atoms with van der Waals surface area (Å²) in [4.78, 5) is -0.207. The topological polar surface area (TPSA) is 58.6 Å². The zero-order valence-electron chi connectivity index (χ0n) is 10.8. The first-order valence-corrected chi connectivity index (χ1v) is 7.30. The van der Waals surface area contributed by atoms with Crippen molar-refractivity contribution < 1.29 is 26.3 Å². The number of nitrogens with zero attached hydrogens (tertiary/aromatic N) is 1. The Balaban J connectivity index is 0.00000220. The Morgan fingerprint density at radius 1 is 1.19 bits per heavy atom. The van der Waals surface area contributed by atoms with Gasteiger partial charge in [-0.05, 0) is 12.1 Å². The van der Waals surface area contributed by atoms with Crippen LogP contribution in [0.2, 0.25) is 0 Å². The van der Waals surface area contributed by atoms with Crippen LogP contribution in [-0.4, -0.2) is 45.3 Å². The summed E-state index contributed by atoms with van der Waals surface area (Å²) in [7, 11) is -3.79. The minimum atomic E-state index is -4.85. The van der Waals surface area contributed by atoms with E-state index in [1.54, 1.807) is 0 Å². The highest BCUT2D eigenvalue weighted by Gasteiger charge is 2.32. The molecule has 2 rings (SSSR count). The largest absolute Gasteiger partial charge is 0.573 e. The Kier molecular flexibility index (Phi) is 5.85. The van der Waals surface area contributed by atoms with Crippen LogP contribution in [0.5, 0.6) is 5.75 Å². The summed E-state index contributed by atoms with van der Waals surface area (Å²) >= 11 is 0. The lowest BCUT2D eigenvalue weighted by molar-refractivity contribution is -0.274. The molecule has 1 heterocycles. The van der Waals surface area contributed by atoms with Gasteiger partial charge >= 0.3 is 6.36 Å². The average molecular weight is 347 g/mol. The predicted octanol–water partition coefficient (Wildman–Crippen LogP) is 1.60. The van der Waals surface area contributed by atoms with Crippen LogP contribution in [0, 0.1) is 0 Å². The molecule has 10 heteroatoms. The molecule has 5 nitrogen and oxygen atoms in total. The van der Waals surface area contributed by atoms with Gasteiger partial charge in [-0.2, -0.15) is 4.31 Å². The molecule has 0 spiro atoms. The molecule has 0 bridgehead atoms. The van der Waals surface area contributed by atoms with Crippen molar-refractivity contribution in [3.63, 3.8) is 0 Å². The van der Waals surface area contributed by atoms with Crippen molar-refractivity contribution in [3.8, 4) is 5.75 Å². The Hall–Kier alpha value is -1.03. The van der Waals surface area contributed by atoms with Gasteiger partial charge in [0.2, 0.25) is 10.0 Å². The van der Waals surface area contributed by atoms with Gasteiger partial charge in [-0.1, -0.05) is 6.07 Å². The van der Waals surface area contributed by atoms with E-state index in [-0.39, 0.29) is 30.4 Å². The van der Waals surface area contributed by atoms with E-state index in [4.69, 9.17) is 0 Å². The van der Waals surface area contributed by atoms with Crippen molar-refractivity contribution in [1.29, 1.82) is 0 Å². The van der Waals surface area contributed by atoms with Gasteiger partial charge in [0.1, 0.15) is 5.75 Å². The number of benzene rings is 1. The van der Waals surface area contributed by atoms with Crippen LogP contribution in [0.3, 0.4) is 0 Å². The molecule has 0 aliphatic carbocycles. The van der Waals surface area contributed by atoms with E-state index in [2.05, 4.69) is 10.1 Å². The average Bonchev–Trinajstić information content (AvgIpc) is 2.38. The van der Waals surface area contributed by atoms with Gasteiger partial charge in [0.25, 0.3) is 0 Å². The second-order valence-electron chi connectivity index (χ2n) is 4.18. The summed E-state index contributed by atoms with van der Waals surface area (Å²) in [6.45, 7) is 1.59. The highest BCUT2D eigenvalue weighted by molar-refractivity contribution is 7.89. The number of nitrogens with one attached hydrogen (secondary N) is 1. The number of rotatable bonds is 3. The SMILES string of the molecule is Cl.O=S(=O)(c1cccc(OC(F)(F)F)c1)N1CCNCC1. The zero-order valence-corrected chi connectivity index (χ0v) is 12.4. The molecule has 120 valence electrons. The molecule has 1 N–H and O–H groups in total. The van der Waals surface area contributed by atoms with Crippen LogP contribution in [0.4, 0.5) is 13.2 Å². The van der Waals surface area contributed by atoms with Crippen LogP contribution in [-0.2, 0) is 10.0 Å². The first-order chi connectivity index (χ1) is 9.29.